The maximum Gasteiger partial charge on any atom is 0.166 e. The average Bonchev–Trinajstić information content (AvgIpc) is 2.60. The summed E-state index contributed by atoms with van der Waals surface area (Å²) in [7, 11) is 1.52. The fourth-order valence-corrected chi connectivity index (χ4v) is 2.41. The van der Waals surface area contributed by atoms with Gasteiger partial charge in [0.05, 0.1) is 13.2 Å². The number of hydrogen-bond donors (Lipinski definition) is 1. The van der Waals surface area contributed by atoms with Gasteiger partial charge in [-0.1, -0.05) is 12.1 Å². The van der Waals surface area contributed by atoms with Crippen molar-refractivity contribution in [3.8, 4) is 23.0 Å². The summed E-state index contributed by atoms with van der Waals surface area (Å²) >= 11 is 0. The Hall–Kier alpha value is -2.69. The summed E-state index contributed by atoms with van der Waals surface area (Å²) in [6.45, 7) is 3.13. The molecule has 0 saturated heterocycles. The van der Waals surface area contributed by atoms with Crippen LogP contribution >= 0.6 is 0 Å². The minimum atomic E-state index is -0.0728. The zero-order valence-corrected chi connectivity index (χ0v) is 13.2. The Kier molecular flexibility index (Phi) is 4.37. The van der Waals surface area contributed by atoms with Crippen LogP contribution in [-0.4, -0.2) is 31.6 Å². The van der Waals surface area contributed by atoms with Gasteiger partial charge in [0.25, 0.3) is 0 Å². The van der Waals surface area contributed by atoms with Gasteiger partial charge in [-0.3, -0.25) is 4.99 Å². The minimum absolute atomic E-state index is 0.0728. The molecule has 5 nitrogen and oxygen atoms in total. The predicted molar refractivity (Wildman–Crippen MR) is 88.1 cm³/mol. The highest BCUT2D eigenvalue weighted by molar-refractivity contribution is 5.85. The van der Waals surface area contributed by atoms with Gasteiger partial charge in [-0.2, -0.15) is 0 Å². The molecule has 0 fully saturated rings. The van der Waals surface area contributed by atoms with E-state index in [1.165, 1.54) is 7.11 Å². The lowest BCUT2D eigenvalue weighted by Crippen LogP contribution is -2.15. The monoisotopic (exact) mass is 313 g/mol. The van der Waals surface area contributed by atoms with Crippen molar-refractivity contribution in [2.45, 2.75) is 13.0 Å². The molecule has 1 aliphatic rings. The number of phenols is 1. The number of ether oxygens (including phenoxy) is 3. The molecule has 0 saturated carbocycles. The molecule has 0 aliphatic carbocycles. The number of benzene rings is 2. The molecule has 2 aromatic rings. The van der Waals surface area contributed by atoms with Gasteiger partial charge in [0.15, 0.2) is 23.0 Å². The van der Waals surface area contributed by atoms with Crippen molar-refractivity contribution < 1.29 is 19.3 Å². The first-order chi connectivity index (χ1) is 11.2. The second-order valence-corrected chi connectivity index (χ2v) is 5.26. The standard InChI is InChI=1S/C18H19NO4/c1-12(13-6-7-15-17(10-13)23-9-8-22-15)19-11-14-4-3-5-16(21-2)18(14)20/h3-7,10-12,20H,8-9H2,1-2H3/t12-/m1/s1. The van der Waals surface area contributed by atoms with Crippen LogP contribution in [0.4, 0.5) is 0 Å². The molecule has 23 heavy (non-hydrogen) atoms. The van der Waals surface area contributed by atoms with Crippen molar-refractivity contribution in [2.75, 3.05) is 20.3 Å². The van der Waals surface area contributed by atoms with Gasteiger partial charge in [-0.25, -0.2) is 0 Å². The number of fused-ring (bicyclic) bond motifs is 1. The summed E-state index contributed by atoms with van der Waals surface area (Å²) in [5.41, 5.74) is 1.64. The topological polar surface area (TPSA) is 60.3 Å². The highest BCUT2D eigenvalue weighted by Crippen LogP contribution is 2.33. The fraction of sp³-hybridized carbons (Fsp3) is 0.278. The van der Waals surface area contributed by atoms with E-state index in [9.17, 15) is 5.11 Å². The van der Waals surface area contributed by atoms with Gasteiger partial charge in [-0.15, -0.1) is 0 Å². The minimum Gasteiger partial charge on any atom is -0.504 e. The van der Waals surface area contributed by atoms with Crippen LogP contribution in [0, 0.1) is 0 Å². The Balaban J connectivity index is 1.80. The smallest absolute Gasteiger partial charge is 0.166 e. The molecule has 0 amide bonds. The van der Waals surface area contributed by atoms with Crippen LogP contribution in [0.5, 0.6) is 23.0 Å². The lowest BCUT2D eigenvalue weighted by atomic mass is 10.1. The van der Waals surface area contributed by atoms with E-state index < -0.39 is 0 Å². The SMILES string of the molecule is COc1cccc(C=N[C@H](C)c2ccc3c(c2)OCCO3)c1O. The summed E-state index contributed by atoms with van der Waals surface area (Å²) in [5, 5.41) is 10.1. The number of rotatable bonds is 4. The molecule has 1 aliphatic heterocycles. The van der Waals surface area contributed by atoms with E-state index in [1.54, 1.807) is 18.3 Å². The highest BCUT2D eigenvalue weighted by atomic mass is 16.6. The van der Waals surface area contributed by atoms with E-state index in [-0.39, 0.29) is 11.8 Å². The van der Waals surface area contributed by atoms with Crippen molar-refractivity contribution in [3.63, 3.8) is 0 Å². The Labute approximate surface area is 135 Å². The zero-order valence-electron chi connectivity index (χ0n) is 13.2. The average molecular weight is 313 g/mol. The molecular weight excluding hydrogens is 294 g/mol. The molecule has 0 spiro atoms. The molecule has 1 atom stereocenters. The third-order valence-corrected chi connectivity index (χ3v) is 3.74. The molecule has 2 aromatic carbocycles. The van der Waals surface area contributed by atoms with Gasteiger partial charge < -0.3 is 19.3 Å². The van der Waals surface area contributed by atoms with Crippen molar-refractivity contribution in [2.24, 2.45) is 4.99 Å². The maximum atomic E-state index is 10.1. The molecule has 0 aromatic heterocycles. The molecule has 0 bridgehead atoms. The maximum absolute atomic E-state index is 10.1. The predicted octanol–water partition coefficient (Wildman–Crippen LogP) is 3.35. The van der Waals surface area contributed by atoms with Crippen LogP contribution in [0.2, 0.25) is 0 Å². The van der Waals surface area contributed by atoms with E-state index in [4.69, 9.17) is 14.2 Å². The lowest BCUT2D eigenvalue weighted by Gasteiger charge is -2.19. The van der Waals surface area contributed by atoms with Crippen LogP contribution in [0.3, 0.4) is 0 Å². The first-order valence-corrected chi connectivity index (χ1v) is 7.47. The van der Waals surface area contributed by atoms with Gasteiger partial charge in [0.2, 0.25) is 0 Å². The van der Waals surface area contributed by atoms with Gasteiger partial charge in [-0.05, 0) is 36.8 Å². The fourth-order valence-electron chi connectivity index (χ4n) is 2.41. The number of para-hydroxylation sites is 1. The largest absolute Gasteiger partial charge is 0.504 e. The number of methoxy groups -OCH3 is 1. The van der Waals surface area contributed by atoms with Crippen molar-refractivity contribution in [1.82, 2.24) is 0 Å². The quantitative estimate of drug-likeness (QED) is 0.879. The summed E-state index contributed by atoms with van der Waals surface area (Å²) < 4.78 is 16.2. The first-order valence-electron chi connectivity index (χ1n) is 7.47. The highest BCUT2D eigenvalue weighted by Gasteiger charge is 2.14. The van der Waals surface area contributed by atoms with E-state index in [0.29, 0.717) is 24.5 Å². The Morgan fingerprint density at radius 3 is 2.74 bits per heavy atom. The molecule has 0 unspecified atom stereocenters. The number of aromatic hydroxyl groups is 1. The van der Waals surface area contributed by atoms with Crippen LogP contribution < -0.4 is 14.2 Å². The zero-order chi connectivity index (χ0) is 16.2. The molecule has 3 rings (SSSR count). The van der Waals surface area contributed by atoms with Crippen molar-refractivity contribution in [3.05, 3.63) is 47.5 Å². The summed E-state index contributed by atoms with van der Waals surface area (Å²) in [6.07, 6.45) is 1.65. The molecule has 1 N–H and O–H groups in total. The molecule has 120 valence electrons. The molecule has 1 heterocycles. The van der Waals surface area contributed by atoms with Gasteiger partial charge in [0.1, 0.15) is 13.2 Å². The number of aliphatic imine (C=N–C) groups is 1. The van der Waals surface area contributed by atoms with Crippen LogP contribution in [-0.2, 0) is 0 Å². The van der Waals surface area contributed by atoms with Crippen LogP contribution in [0.25, 0.3) is 0 Å². The van der Waals surface area contributed by atoms with Gasteiger partial charge in [0, 0.05) is 11.8 Å². The lowest BCUT2D eigenvalue weighted by molar-refractivity contribution is 0.171. The number of nitrogens with zero attached hydrogens (tertiary/aromatic N) is 1. The van der Waals surface area contributed by atoms with Crippen molar-refractivity contribution in [1.29, 1.82) is 0 Å². The molecule has 0 radical (unpaired) electrons. The number of phenolic OH excluding ortho intramolecular Hbond substituents is 1. The van der Waals surface area contributed by atoms with Crippen molar-refractivity contribution >= 4 is 6.21 Å². The van der Waals surface area contributed by atoms with Crippen LogP contribution in [0.15, 0.2) is 41.4 Å². The summed E-state index contributed by atoms with van der Waals surface area (Å²) in [6, 6.07) is 11.1. The Bertz CT molecular complexity index is 727. The van der Waals surface area contributed by atoms with E-state index in [1.807, 2.05) is 31.2 Å². The Morgan fingerprint density at radius 2 is 1.96 bits per heavy atom. The molecule has 5 heteroatoms. The van der Waals surface area contributed by atoms with E-state index in [2.05, 4.69) is 4.99 Å². The van der Waals surface area contributed by atoms with Gasteiger partial charge >= 0.3 is 0 Å². The number of hydrogen-bond acceptors (Lipinski definition) is 5. The summed E-state index contributed by atoms with van der Waals surface area (Å²) in [5.74, 6) is 2.04. The Morgan fingerprint density at radius 1 is 1.17 bits per heavy atom. The normalized spacial score (nSPS) is 14.7. The summed E-state index contributed by atoms with van der Waals surface area (Å²) in [4.78, 5) is 4.51. The third kappa shape index (κ3) is 3.23. The van der Waals surface area contributed by atoms with E-state index >= 15 is 0 Å². The molecular formula is C18H19NO4. The van der Waals surface area contributed by atoms with Crippen LogP contribution in [0.1, 0.15) is 24.1 Å². The second-order valence-electron chi connectivity index (χ2n) is 5.26. The third-order valence-electron chi connectivity index (χ3n) is 3.74. The second kappa shape index (κ2) is 6.60. The van der Waals surface area contributed by atoms with E-state index in [0.717, 1.165) is 17.1 Å². The first kappa shape index (κ1) is 15.2.